The van der Waals surface area contributed by atoms with Crippen LogP contribution < -0.4 is 0 Å². The second-order valence-corrected chi connectivity index (χ2v) is 3.66. The molecule has 0 aromatic heterocycles. The number of hydrogen-bond acceptors (Lipinski definition) is 0. The van der Waals surface area contributed by atoms with Crippen LogP contribution in [0.25, 0.3) is 0 Å². The molecule has 1 aliphatic carbocycles. The highest BCUT2D eigenvalue weighted by atomic mass is 14.1. The molecule has 1 radical (unpaired) electrons. The SMILES string of the molecule is C#CCCc1ccc2c(c1)CCC2.[H]. The molecule has 0 saturated carbocycles. The summed E-state index contributed by atoms with van der Waals surface area (Å²) in [4.78, 5) is 0. The fourth-order valence-corrected chi connectivity index (χ4v) is 2.00. The maximum Gasteiger partial charge on any atom is 0.0127 e. The molecular weight excluding hydrogens is 156 g/mol. The Hall–Kier alpha value is -1.22. The first-order valence-electron chi connectivity index (χ1n) is 4.94. The zero-order valence-corrected chi connectivity index (χ0v) is 7.84. The minimum absolute atomic E-state index is 0. The number of rotatable bonds is 2. The largest absolute Gasteiger partial charge is 0.120 e. The Kier molecular flexibility index (Phi) is 2.36. The summed E-state index contributed by atoms with van der Waals surface area (Å²) in [5, 5.41) is 0. The van der Waals surface area contributed by atoms with Crippen molar-refractivity contribution < 1.29 is 1.43 Å². The molecule has 0 aliphatic heterocycles. The summed E-state index contributed by atoms with van der Waals surface area (Å²) < 4.78 is 0. The normalized spacial score (nSPS) is 13.8. The van der Waals surface area contributed by atoms with E-state index in [0.29, 0.717) is 0 Å². The zero-order valence-electron chi connectivity index (χ0n) is 8.84. The number of terminal acetylenes is 1. The van der Waals surface area contributed by atoms with E-state index < -0.39 is 0 Å². The van der Waals surface area contributed by atoms with Gasteiger partial charge in [-0.1, -0.05) is 18.2 Å². The van der Waals surface area contributed by atoms with Gasteiger partial charge in [-0.05, 0) is 42.4 Å². The quantitative estimate of drug-likeness (QED) is 0.600. The Morgan fingerprint density at radius 2 is 2.15 bits per heavy atom. The van der Waals surface area contributed by atoms with E-state index in [4.69, 9.17) is 6.42 Å². The van der Waals surface area contributed by atoms with E-state index in [1.165, 1.54) is 24.8 Å². The third kappa shape index (κ3) is 1.75. The van der Waals surface area contributed by atoms with Gasteiger partial charge in [-0.15, -0.1) is 12.3 Å². The van der Waals surface area contributed by atoms with Gasteiger partial charge < -0.3 is 0 Å². The van der Waals surface area contributed by atoms with Gasteiger partial charge in [0, 0.05) is 7.85 Å². The summed E-state index contributed by atoms with van der Waals surface area (Å²) in [7, 11) is 0. The molecule has 0 atom stereocenters. The van der Waals surface area contributed by atoms with Crippen molar-refractivity contribution in [3.63, 3.8) is 0 Å². The van der Waals surface area contributed by atoms with Gasteiger partial charge in [-0.2, -0.15) is 0 Å². The lowest BCUT2D eigenvalue weighted by Crippen LogP contribution is -1.88. The zero-order chi connectivity index (χ0) is 9.10. The van der Waals surface area contributed by atoms with Crippen molar-refractivity contribution >= 4 is 0 Å². The van der Waals surface area contributed by atoms with E-state index in [1.807, 2.05) is 0 Å². The number of fused-ring (bicyclic) bond motifs is 1. The van der Waals surface area contributed by atoms with Crippen LogP contribution in [-0.4, -0.2) is 0 Å². The summed E-state index contributed by atoms with van der Waals surface area (Å²) >= 11 is 0. The van der Waals surface area contributed by atoms with E-state index in [2.05, 4.69) is 24.1 Å². The summed E-state index contributed by atoms with van der Waals surface area (Å²) in [6.45, 7) is 0. The van der Waals surface area contributed by atoms with Crippen molar-refractivity contribution in [3.05, 3.63) is 34.9 Å². The average molecular weight is 171 g/mol. The third-order valence-electron chi connectivity index (χ3n) is 2.72. The minimum atomic E-state index is 0. The van der Waals surface area contributed by atoms with Gasteiger partial charge in [0.25, 0.3) is 0 Å². The second-order valence-electron chi connectivity index (χ2n) is 3.66. The number of aryl methyl sites for hydroxylation is 3. The molecule has 67 valence electrons. The van der Waals surface area contributed by atoms with Crippen molar-refractivity contribution in [2.45, 2.75) is 32.1 Å². The van der Waals surface area contributed by atoms with Crippen molar-refractivity contribution in [1.82, 2.24) is 0 Å². The molecule has 0 bridgehead atoms. The molecule has 0 heteroatoms. The van der Waals surface area contributed by atoms with E-state index >= 15 is 0 Å². The summed E-state index contributed by atoms with van der Waals surface area (Å²) in [5.74, 6) is 2.68. The van der Waals surface area contributed by atoms with Crippen LogP contribution in [0, 0.1) is 12.3 Å². The Morgan fingerprint density at radius 3 is 3.00 bits per heavy atom. The smallest absolute Gasteiger partial charge is 0.0127 e. The Labute approximate surface area is 81.5 Å². The standard InChI is InChI=1S/C13H14.H/c1-2-3-5-11-8-9-12-6-4-7-13(12)10-11;/h1,8-10H,3-7H2;. The summed E-state index contributed by atoms with van der Waals surface area (Å²) in [6.07, 6.45) is 11.0. The van der Waals surface area contributed by atoms with Crippen LogP contribution >= 0.6 is 0 Å². The first-order valence-corrected chi connectivity index (χ1v) is 4.94. The molecule has 1 aliphatic rings. The lowest BCUT2D eigenvalue weighted by molar-refractivity contribution is 0.911. The van der Waals surface area contributed by atoms with Gasteiger partial charge in [0.1, 0.15) is 0 Å². The van der Waals surface area contributed by atoms with Gasteiger partial charge >= 0.3 is 0 Å². The van der Waals surface area contributed by atoms with Gasteiger partial charge in [-0.25, -0.2) is 0 Å². The molecular formula is C13H15. The minimum Gasteiger partial charge on any atom is -0.120 e. The van der Waals surface area contributed by atoms with Gasteiger partial charge in [0.2, 0.25) is 0 Å². The van der Waals surface area contributed by atoms with Crippen LogP contribution in [0.15, 0.2) is 18.2 Å². The maximum atomic E-state index is 5.24. The summed E-state index contributed by atoms with van der Waals surface area (Å²) in [5.41, 5.74) is 4.50. The monoisotopic (exact) mass is 171 g/mol. The number of benzene rings is 1. The fourth-order valence-electron chi connectivity index (χ4n) is 2.00. The summed E-state index contributed by atoms with van der Waals surface area (Å²) in [6, 6.07) is 6.83. The Bertz CT molecular complexity index is 347. The van der Waals surface area contributed by atoms with Crippen molar-refractivity contribution in [3.8, 4) is 12.3 Å². The number of hydrogen-bond donors (Lipinski definition) is 0. The highest BCUT2D eigenvalue weighted by Gasteiger charge is 2.09. The van der Waals surface area contributed by atoms with Gasteiger partial charge in [-0.3, -0.25) is 0 Å². The predicted octanol–water partition coefficient (Wildman–Crippen LogP) is 2.85. The van der Waals surface area contributed by atoms with Crippen LogP contribution in [-0.2, 0) is 19.3 Å². The second kappa shape index (κ2) is 3.66. The van der Waals surface area contributed by atoms with Gasteiger partial charge in [0.05, 0.1) is 0 Å². The van der Waals surface area contributed by atoms with Crippen molar-refractivity contribution in [2.24, 2.45) is 0 Å². The van der Waals surface area contributed by atoms with E-state index in [1.54, 1.807) is 11.1 Å². The molecule has 0 N–H and O–H groups in total. The predicted molar refractivity (Wildman–Crippen MR) is 56.7 cm³/mol. The average Bonchev–Trinajstić information content (AvgIpc) is 2.61. The Balaban J connectivity index is 0.000000980. The lowest BCUT2D eigenvalue weighted by atomic mass is 10.0. The molecule has 0 amide bonds. The van der Waals surface area contributed by atoms with E-state index in [9.17, 15) is 0 Å². The molecule has 0 heterocycles. The van der Waals surface area contributed by atoms with Crippen molar-refractivity contribution in [2.75, 3.05) is 0 Å². The van der Waals surface area contributed by atoms with Crippen molar-refractivity contribution in [1.29, 1.82) is 0 Å². The Morgan fingerprint density at radius 1 is 1.31 bits per heavy atom. The molecule has 0 nitrogen and oxygen atoms in total. The first kappa shape index (κ1) is 8.38. The molecule has 13 heavy (non-hydrogen) atoms. The molecule has 1 aromatic rings. The van der Waals surface area contributed by atoms with Crippen LogP contribution in [0.5, 0.6) is 0 Å². The topological polar surface area (TPSA) is 0 Å². The van der Waals surface area contributed by atoms with Crippen LogP contribution in [0.1, 0.15) is 31.0 Å². The molecule has 0 saturated heterocycles. The molecule has 0 fully saturated rings. The fraction of sp³-hybridized carbons (Fsp3) is 0.385. The van der Waals surface area contributed by atoms with Crippen LogP contribution in [0.3, 0.4) is 0 Å². The highest BCUT2D eigenvalue weighted by molar-refractivity contribution is 5.35. The lowest BCUT2D eigenvalue weighted by Gasteiger charge is -2.02. The van der Waals surface area contributed by atoms with Gasteiger partial charge in [0.15, 0.2) is 0 Å². The maximum absolute atomic E-state index is 5.24. The van der Waals surface area contributed by atoms with Crippen LogP contribution in [0.2, 0.25) is 0 Å². The molecule has 0 unspecified atom stereocenters. The third-order valence-corrected chi connectivity index (χ3v) is 2.72. The highest BCUT2D eigenvalue weighted by Crippen LogP contribution is 2.23. The molecule has 1 aromatic carbocycles. The van der Waals surface area contributed by atoms with E-state index in [0.717, 1.165) is 12.8 Å². The molecule has 0 spiro atoms. The van der Waals surface area contributed by atoms with E-state index in [-0.39, 0.29) is 1.43 Å². The first-order chi connectivity index (χ1) is 6.40. The molecule has 2 rings (SSSR count). The van der Waals surface area contributed by atoms with Crippen LogP contribution in [0.4, 0.5) is 0 Å².